The minimum atomic E-state index is -0.735. The molecule has 3 heterocycles. The summed E-state index contributed by atoms with van der Waals surface area (Å²) in [5.41, 5.74) is 4.17. The van der Waals surface area contributed by atoms with Crippen LogP contribution in [0.25, 0.3) is 0 Å². The van der Waals surface area contributed by atoms with Crippen molar-refractivity contribution in [1.82, 2.24) is 9.80 Å². The summed E-state index contributed by atoms with van der Waals surface area (Å²) in [5.74, 6) is 1.25. The number of ether oxygens (including phenoxy) is 3. The number of carbonyl (C=O) groups is 1. The lowest BCUT2D eigenvalue weighted by Crippen LogP contribution is -2.66. The lowest BCUT2D eigenvalue weighted by Gasteiger charge is -2.57. The highest BCUT2D eigenvalue weighted by molar-refractivity contribution is 5.86. The molecular formula is C26H32N2O7. The van der Waals surface area contributed by atoms with Crippen LogP contribution in [-0.2, 0) is 17.6 Å². The predicted molar refractivity (Wildman–Crippen MR) is 128 cm³/mol. The van der Waals surface area contributed by atoms with Crippen molar-refractivity contribution in [3.05, 3.63) is 39.4 Å². The topological polar surface area (TPSA) is 112 Å². The van der Waals surface area contributed by atoms with Gasteiger partial charge in [0.05, 0.1) is 52.1 Å². The van der Waals surface area contributed by atoms with Gasteiger partial charge < -0.3 is 34.4 Å². The molecule has 188 valence electrons. The number of piperazine rings is 1. The van der Waals surface area contributed by atoms with Gasteiger partial charge in [-0.05, 0) is 44.9 Å². The summed E-state index contributed by atoms with van der Waals surface area (Å²) in [4.78, 5) is 17.6. The largest absolute Gasteiger partial charge is 0.507 e. The summed E-state index contributed by atoms with van der Waals surface area (Å²) in [5, 5.41) is 33.1. The monoisotopic (exact) mass is 484 g/mol. The van der Waals surface area contributed by atoms with Gasteiger partial charge in [0, 0.05) is 22.3 Å². The predicted octanol–water partition coefficient (Wildman–Crippen LogP) is 2.14. The zero-order chi connectivity index (χ0) is 25.3. The lowest BCUT2D eigenvalue weighted by molar-refractivity contribution is -0.158. The number of aromatic hydroxyl groups is 2. The van der Waals surface area contributed by atoms with Crippen LogP contribution < -0.4 is 14.2 Å². The van der Waals surface area contributed by atoms with Crippen LogP contribution in [0, 0.1) is 13.8 Å². The Morgan fingerprint density at radius 3 is 2.23 bits per heavy atom. The number of methoxy groups -OCH3 is 3. The van der Waals surface area contributed by atoms with Crippen LogP contribution in [0.3, 0.4) is 0 Å². The van der Waals surface area contributed by atoms with Crippen molar-refractivity contribution >= 4 is 5.91 Å². The van der Waals surface area contributed by atoms with Gasteiger partial charge in [-0.1, -0.05) is 6.07 Å². The molecule has 3 N–H and O–H groups in total. The first-order valence-corrected chi connectivity index (χ1v) is 11.7. The number of hydrogen-bond donors (Lipinski definition) is 3. The molecule has 0 spiro atoms. The third kappa shape index (κ3) is 2.97. The molecule has 0 saturated carbocycles. The first kappa shape index (κ1) is 23.6. The van der Waals surface area contributed by atoms with E-state index < -0.39 is 18.1 Å². The van der Waals surface area contributed by atoms with Gasteiger partial charge in [-0.2, -0.15) is 0 Å². The Kier molecular flexibility index (Phi) is 5.52. The third-order valence-electron chi connectivity index (χ3n) is 8.09. The first-order chi connectivity index (χ1) is 16.7. The van der Waals surface area contributed by atoms with Crippen molar-refractivity contribution < 1.29 is 34.3 Å². The zero-order valence-corrected chi connectivity index (χ0v) is 20.9. The maximum atomic E-state index is 13.9. The van der Waals surface area contributed by atoms with Gasteiger partial charge in [-0.25, -0.2) is 0 Å². The highest BCUT2D eigenvalue weighted by Gasteiger charge is 2.55. The third-order valence-corrected chi connectivity index (χ3v) is 8.09. The average molecular weight is 485 g/mol. The number of phenols is 2. The van der Waals surface area contributed by atoms with E-state index in [1.807, 2.05) is 24.9 Å². The van der Waals surface area contributed by atoms with Gasteiger partial charge in [0.15, 0.2) is 23.0 Å². The number of hydrogen-bond acceptors (Lipinski definition) is 8. The molecule has 3 aliphatic heterocycles. The Morgan fingerprint density at radius 2 is 1.63 bits per heavy atom. The molecule has 0 aromatic heterocycles. The highest BCUT2D eigenvalue weighted by Crippen LogP contribution is 2.56. The normalized spacial score (nSPS) is 25.0. The van der Waals surface area contributed by atoms with E-state index in [0.29, 0.717) is 46.8 Å². The Balaban J connectivity index is 1.77. The Morgan fingerprint density at radius 1 is 0.971 bits per heavy atom. The second-order valence-electron chi connectivity index (χ2n) is 9.63. The molecular weight excluding hydrogens is 452 g/mol. The minimum absolute atomic E-state index is 0.0646. The second-order valence-corrected chi connectivity index (χ2v) is 9.63. The standard InChI is InChI=1S/C26H32N2O7/c1-11-7-13-8-16-26(32)28-15(20(27(16)3)18(13)22(31)23(11)33-4)9-14-19(17(28)10-29)25(35-6)24(34-5)12(2)21(14)30/h7,15-17,20,29-31H,8-10H2,1-6H3/t15?,16-,17-,20-/m0/s1. The van der Waals surface area contributed by atoms with E-state index >= 15 is 0 Å². The number of aryl methyl sites for hydroxylation is 1. The number of carbonyl (C=O) groups excluding carboxylic acids is 1. The van der Waals surface area contributed by atoms with Gasteiger partial charge in [0.1, 0.15) is 5.75 Å². The van der Waals surface area contributed by atoms with Gasteiger partial charge in [-0.15, -0.1) is 0 Å². The van der Waals surface area contributed by atoms with E-state index in [-0.39, 0.29) is 30.1 Å². The average Bonchev–Trinajstić information content (AvgIpc) is 2.83. The Bertz CT molecular complexity index is 1230. The Hall–Kier alpha value is -3.17. The van der Waals surface area contributed by atoms with Crippen molar-refractivity contribution in [3.63, 3.8) is 0 Å². The van der Waals surface area contributed by atoms with Crippen molar-refractivity contribution in [1.29, 1.82) is 0 Å². The molecule has 35 heavy (non-hydrogen) atoms. The first-order valence-electron chi connectivity index (χ1n) is 11.7. The maximum absolute atomic E-state index is 13.9. The van der Waals surface area contributed by atoms with Crippen molar-refractivity contribution in [2.75, 3.05) is 35.0 Å². The van der Waals surface area contributed by atoms with E-state index in [2.05, 4.69) is 0 Å². The van der Waals surface area contributed by atoms with Crippen LogP contribution in [0.2, 0.25) is 0 Å². The number of rotatable bonds is 4. The van der Waals surface area contributed by atoms with Crippen molar-refractivity contribution in [2.24, 2.45) is 0 Å². The van der Waals surface area contributed by atoms with Gasteiger partial charge in [0.2, 0.25) is 5.91 Å². The molecule has 2 bridgehead atoms. The molecule has 0 aliphatic carbocycles. The molecule has 0 radical (unpaired) electrons. The van der Waals surface area contributed by atoms with Crippen molar-refractivity contribution in [2.45, 2.75) is 50.9 Å². The molecule has 2 aromatic carbocycles. The molecule has 9 heteroatoms. The zero-order valence-electron chi connectivity index (χ0n) is 20.9. The fourth-order valence-corrected chi connectivity index (χ4v) is 6.61. The van der Waals surface area contributed by atoms with E-state index in [9.17, 15) is 20.1 Å². The lowest BCUT2D eigenvalue weighted by atomic mass is 9.73. The van der Waals surface area contributed by atoms with Crippen LogP contribution in [0.15, 0.2) is 6.07 Å². The summed E-state index contributed by atoms with van der Waals surface area (Å²) in [6.45, 7) is 3.28. The quantitative estimate of drug-likeness (QED) is 0.605. The van der Waals surface area contributed by atoms with Gasteiger partial charge >= 0.3 is 0 Å². The van der Waals surface area contributed by atoms with Gasteiger partial charge in [0.25, 0.3) is 0 Å². The van der Waals surface area contributed by atoms with E-state index in [1.54, 1.807) is 11.8 Å². The van der Waals surface area contributed by atoms with Gasteiger partial charge in [-0.3, -0.25) is 9.69 Å². The molecule has 2 aromatic rings. The molecule has 1 amide bonds. The number of phenolic OH excluding ortho intramolecular Hbond substituents is 2. The molecule has 1 fully saturated rings. The number of likely N-dealkylation sites (N-methyl/N-ethyl adjacent to an activating group) is 1. The number of nitrogens with zero attached hydrogens (tertiary/aromatic N) is 2. The maximum Gasteiger partial charge on any atom is 0.241 e. The fraction of sp³-hybridized carbons (Fsp3) is 0.500. The summed E-state index contributed by atoms with van der Waals surface area (Å²) in [7, 11) is 6.43. The van der Waals surface area contributed by atoms with Crippen LogP contribution in [0.5, 0.6) is 28.7 Å². The van der Waals surface area contributed by atoms with Crippen LogP contribution in [-0.4, -0.2) is 78.1 Å². The second kappa shape index (κ2) is 8.20. The smallest absolute Gasteiger partial charge is 0.241 e. The molecule has 3 aliphatic rings. The number of amides is 1. The highest BCUT2D eigenvalue weighted by atomic mass is 16.5. The number of benzene rings is 2. The molecule has 9 nitrogen and oxygen atoms in total. The van der Waals surface area contributed by atoms with Crippen LogP contribution in [0.1, 0.15) is 45.5 Å². The van der Waals surface area contributed by atoms with Crippen LogP contribution in [0.4, 0.5) is 0 Å². The van der Waals surface area contributed by atoms with E-state index in [1.165, 1.54) is 21.3 Å². The number of fused-ring (bicyclic) bond motifs is 7. The van der Waals surface area contributed by atoms with E-state index in [0.717, 1.165) is 16.7 Å². The minimum Gasteiger partial charge on any atom is -0.507 e. The summed E-state index contributed by atoms with van der Waals surface area (Å²) in [6, 6.07) is 0.0135. The fourth-order valence-electron chi connectivity index (χ4n) is 6.61. The molecule has 1 saturated heterocycles. The summed E-state index contributed by atoms with van der Waals surface area (Å²) in [6.07, 6.45) is 0.759. The molecule has 1 unspecified atom stereocenters. The van der Waals surface area contributed by atoms with Crippen LogP contribution >= 0.6 is 0 Å². The molecule has 5 rings (SSSR count). The summed E-state index contributed by atoms with van der Waals surface area (Å²) >= 11 is 0. The molecule has 4 atom stereocenters. The summed E-state index contributed by atoms with van der Waals surface area (Å²) < 4.78 is 16.7. The number of aliphatic hydroxyl groups is 1. The Labute approximate surface area is 204 Å². The van der Waals surface area contributed by atoms with E-state index in [4.69, 9.17) is 14.2 Å². The van der Waals surface area contributed by atoms with Crippen molar-refractivity contribution in [3.8, 4) is 28.7 Å². The SMILES string of the molecule is COc1c(C)cc2c(c1O)[C@@H]1C3Cc4c(O)c(C)c(OC)c(OC)c4[C@H](CO)N3C(=O)[C@H](C2)N1C. The number of aliphatic hydroxyl groups excluding tert-OH is 1.